The molecule has 0 radical (unpaired) electrons. The van der Waals surface area contributed by atoms with Gasteiger partial charge in [0.15, 0.2) is 0 Å². The second-order valence-corrected chi connectivity index (χ2v) is 7.63. The fraction of sp³-hybridized carbons (Fsp3) is 0.222. The zero-order valence-electron chi connectivity index (χ0n) is 15.0. The van der Waals surface area contributed by atoms with Crippen LogP contribution in [0.1, 0.15) is 17.3 Å². The maximum Gasteiger partial charge on any atom is 0.337 e. The second-order valence-electron chi connectivity index (χ2n) is 5.77. The Balaban J connectivity index is 2.22. The molecule has 0 bridgehead atoms. The number of carbonyl (C=O) groups is 2. The predicted molar refractivity (Wildman–Crippen MR) is 99.6 cm³/mol. The summed E-state index contributed by atoms with van der Waals surface area (Å²) in [6.45, 7) is 1.42. The van der Waals surface area contributed by atoms with E-state index in [1.54, 1.807) is 0 Å². The van der Waals surface area contributed by atoms with Gasteiger partial charge >= 0.3 is 5.97 Å². The highest BCUT2D eigenvalue weighted by atomic mass is 32.2. The van der Waals surface area contributed by atoms with Crippen LogP contribution in [0.2, 0.25) is 0 Å². The first-order valence-corrected chi connectivity index (χ1v) is 9.72. The van der Waals surface area contributed by atoms with Crippen LogP contribution in [-0.2, 0) is 19.6 Å². The number of nitrogens with zero attached hydrogens (tertiary/aromatic N) is 1. The van der Waals surface area contributed by atoms with Gasteiger partial charge in [-0.25, -0.2) is 17.6 Å². The molecule has 1 N–H and O–H groups in total. The molecule has 0 saturated carbocycles. The maximum absolute atomic E-state index is 13.1. The SMILES string of the molecule is COC(=O)c1ccc(NC(=O)[C@@H](C)N(c2ccc(F)cc2)S(C)(=O)=O)cc1. The Hall–Kier alpha value is -2.94. The van der Waals surface area contributed by atoms with E-state index in [2.05, 4.69) is 10.1 Å². The van der Waals surface area contributed by atoms with E-state index in [-0.39, 0.29) is 5.69 Å². The van der Waals surface area contributed by atoms with Crippen molar-refractivity contribution >= 4 is 33.3 Å². The van der Waals surface area contributed by atoms with Crippen molar-refractivity contribution in [1.82, 2.24) is 0 Å². The van der Waals surface area contributed by atoms with Crippen molar-refractivity contribution in [2.75, 3.05) is 23.0 Å². The van der Waals surface area contributed by atoms with E-state index in [4.69, 9.17) is 0 Å². The molecule has 0 unspecified atom stereocenters. The van der Waals surface area contributed by atoms with Gasteiger partial charge in [0.1, 0.15) is 11.9 Å². The Morgan fingerprint density at radius 2 is 1.63 bits per heavy atom. The summed E-state index contributed by atoms with van der Waals surface area (Å²) in [7, 11) is -2.54. The van der Waals surface area contributed by atoms with E-state index in [0.29, 0.717) is 11.3 Å². The number of hydrogen-bond acceptors (Lipinski definition) is 5. The van der Waals surface area contributed by atoms with Gasteiger partial charge in [0, 0.05) is 5.69 Å². The number of anilines is 2. The molecule has 0 aliphatic rings. The van der Waals surface area contributed by atoms with Crippen LogP contribution in [0.5, 0.6) is 0 Å². The van der Waals surface area contributed by atoms with E-state index in [0.717, 1.165) is 22.7 Å². The van der Waals surface area contributed by atoms with Gasteiger partial charge < -0.3 is 10.1 Å². The third kappa shape index (κ3) is 5.04. The third-order valence-corrected chi connectivity index (χ3v) is 4.98. The van der Waals surface area contributed by atoms with Crippen LogP contribution in [-0.4, -0.2) is 39.7 Å². The highest BCUT2D eigenvalue weighted by Gasteiger charge is 2.29. The van der Waals surface area contributed by atoms with Crippen molar-refractivity contribution in [1.29, 1.82) is 0 Å². The Bertz CT molecular complexity index is 927. The van der Waals surface area contributed by atoms with Crippen LogP contribution in [0.15, 0.2) is 48.5 Å². The first kappa shape index (κ1) is 20.4. The summed E-state index contributed by atoms with van der Waals surface area (Å²) in [5, 5.41) is 2.59. The molecule has 27 heavy (non-hydrogen) atoms. The zero-order valence-corrected chi connectivity index (χ0v) is 15.8. The van der Waals surface area contributed by atoms with Gasteiger partial charge in [-0.05, 0) is 55.5 Å². The lowest BCUT2D eigenvalue weighted by Gasteiger charge is -2.28. The summed E-state index contributed by atoms with van der Waals surface area (Å²) in [6.07, 6.45) is 0.964. The lowest BCUT2D eigenvalue weighted by Crippen LogP contribution is -2.45. The average Bonchev–Trinajstić information content (AvgIpc) is 2.62. The van der Waals surface area contributed by atoms with E-state index >= 15 is 0 Å². The standard InChI is InChI=1S/C18H19FN2O5S/c1-12(21(27(3,24)25)16-10-6-14(19)7-11-16)17(22)20-15-8-4-13(5-9-15)18(23)26-2/h4-12H,1-3H3,(H,20,22)/t12-/m1/s1. The predicted octanol–water partition coefficient (Wildman–Crippen LogP) is 2.41. The largest absolute Gasteiger partial charge is 0.465 e. The highest BCUT2D eigenvalue weighted by molar-refractivity contribution is 7.92. The summed E-state index contributed by atoms with van der Waals surface area (Å²) in [6, 6.07) is 9.65. The normalized spacial score (nSPS) is 12.1. The number of halogens is 1. The van der Waals surface area contributed by atoms with Crippen LogP contribution in [0, 0.1) is 5.82 Å². The topological polar surface area (TPSA) is 92.8 Å². The lowest BCUT2D eigenvalue weighted by atomic mass is 10.2. The van der Waals surface area contributed by atoms with Gasteiger partial charge in [-0.2, -0.15) is 0 Å². The van der Waals surface area contributed by atoms with E-state index in [1.165, 1.54) is 50.4 Å². The fourth-order valence-electron chi connectivity index (χ4n) is 2.45. The molecule has 0 fully saturated rings. The number of ether oxygens (including phenoxy) is 1. The molecule has 1 atom stereocenters. The van der Waals surface area contributed by atoms with Crippen LogP contribution >= 0.6 is 0 Å². The Labute approximate surface area is 156 Å². The number of sulfonamides is 1. The van der Waals surface area contributed by atoms with Gasteiger partial charge in [0.05, 0.1) is 24.6 Å². The molecular formula is C18H19FN2O5S. The first-order chi connectivity index (χ1) is 12.6. The zero-order chi connectivity index (χ0) is 20.2. The molecule has 1 amide bonds. The molecule has 0 aliphatic heterocycles. The maximum atomic E-state index is 13.1. The van der Waals surface area contributed by atoms with Crippen molar-refractivity contribution in [2.45, 2.75) is 13.0 Å². The minimum Gasteiger partial charge on any atom is -0.465 e. The van der Waals surface area contributed by atoms with Gasteiger partial charge in [-0.15, -0.1) is 0 Å². The van der Waals surface area contributed by atoms with Gasteiger partial charge in [0.2, 0.25) is 15.9 Å². The Morgan fingerprint density at radius 3 is 2.11 bits per heavy atom. The van der Waals surface area contributed by atoms with Crippen molar-refractivity contribution in [3.63, 3.8) is 0 Å². The average molecular weight is 394 g/mol. The van der Waals surface area contributed by atoms with E-state index in [1.807, 2.05) is 0 Å². The summed E-state index contributed by atoms with van der Waals surface area (Å²) >= 11 is 0. The van der Waals surface area contributed by atoms with E-state index < -0.39 is 33.8 Å². The molecule has 0 saturated heterocycles. The van der Waals surface area contributed by atoms with Crippen molar-refractivity contribution < 1.29 is 27.1 Å². The molecule has 2 aromatic carbocycles. The second kappa shape index (κ2) is 8.17. The number of nitrogens with one attached hydrogen (secondary N) is 1. The monoisotopic (exact) mass is 394 g/mol. The molecule has 0 spiro atoms. The van der Waals surface area contributed by atoms with Gasteiger partial charge in [-0.1, -0.05) is 0 Å². The molecule has 2 rings (SSSR count). The molecule has 9 heteroatoms. The van der Waals surface area contributed by atoms with Crippen molar-refractivity contribution in [2.24, 2.45) is 0 Å². The van der Waals surface area contributed by atoms with Crippen molar-refractivity contribution in [3.05, 3.63) is 59.9 Å². The molecule has 0 aromatic heterocycles. The minimum atomic E-state index is -3.80. The molecule has 0 aliphatic carbocycles. The highest BCUT2D eigenvalue weighted by Crippen LogP contribution is 2.22. The van der Waals surface area contributed by atoms with E-state index in [9.17, 15) is 22.4 Å². The summed E-state index contributed by atoms with van der Waals surface area (Å²) < 4.78 is 43.0. The molecule has 144 valence electrons. The van der Waals surface area contributed by atoms with Crippen LogP contribution in [0.3, 0.4) is 0 Å². The van der Waals surface area contributed by atoms with Gasteiger partial charge in [-0.3, -0.25) is 9.10 Å². The number of carbonyl (C=O) groups excluding carboxylic acids is 2. The van der Waals surface area contributed by atoms with Crippen LogP contribution in [0.4, 0.5) is 15.8 Å². The molecule has 0 heterocycles. The number of amides is 1. The molecular weight excluding hydrogens is 375 g/mol. The van der Waals surface area contributed by atoms with Crippen LogP contribution < -0.4 is 9.62 Å². The van der Waals surface area contributed by atoms with Crippen molar-refractivity contribution in [3.8, 4) is 0 Å². The smallest absolute Gasteiger partial charge is 0.337 e. The fourth-order valence-corrected chi connectivity index (χ4v) is 3.63. The first-order valence-electron chi connectivity index (χ1n) is 7.87. The molecule has 2 aromatic rings. The lowest BCUT2D eigenvalue weighted by molar-refractivity contribution is -0.116. The number of rotatable bonds is 6. The number of hydrogen-bond donors (Lipinski definition) is 1. The minimum absolute atomic E-state index is 0.169. The van der Waals surface area contributed by atoms with Crippen LogP contribution in [0.25, 0.3) is 0 Å². The number of esters is 1. The van der Waals surface area contributed by atoms with Gasteiger partial charge in [0.25, 0.3) is 0 Å². The summed E-state index contributed by atoms with van der Waals surface area (Å²) in [5.74, 6) is -1.62. The molecule has 7 nitrogen and oxygen atoms in total. The Morgan fingerprint density at radius 1 is 1.07 bits per heavy atom. The number of benzene rings is 2. The number of methoxy groups -OCH3 is 1. The third-order valence-electron chi connectivity index (χ3n) is 3.74. The summed E-state index contributed by atoms with van der Waals surface area (Å²) in [5.41, 5.74) is 0.863. The Kier molecular flexibility index (Phi) is 6.17. The summed E-state index contributed by atoms with van der Waals surface area (Å²) in [4.78, 5) is 24.0. The quantitative estimate of drug-likeness (QED) is 0.760.